The third-order valence-electron chi connectivity index (χ3n) is 11.0. The van der Waals surface area contributed by atoms with Crippen LogP contribution >= 0.6 is 0 Å². The lowest BCUT2D eigenvalue weighted by atomic mass is 9.86. The fraction of sp³-hybridized carbons (Fsp3) is 0. The maximum atomic E-state index is 2.32. The summed E-state index contributed by atoms with van der Waals surface area (Å²) in [5, 5.41) is 15.8. The molecule has 230 valence electrons. The van der Waals surface area contributed by atoms with Gasteiger partial charge in [-0.1, -0.05) is 182 Å². The Labute approximate surface area is 290 Å². The second-order valence-corrected chi connectivity index (χ2v) is 13.6. The van der Waals surface area contributed by atoms with Gasteiger partial charge >= 0.3 is 0 Å². The predicted molar refractivity (Wildman–Crippen MR) is 216 cm³/mol. The summed E-state index contributed by atoms with van der Waals surface area (Å²) in [4.78, 5) is 0. The van der Waals surface area contributed by atoms with Crippen LogP contribution in [0.15, 0.2) is 182 Å². The Kier molecular flexibility index (Phi) is 5.76. The minimum absolute atomic E-state index is 1.24. The Bertz CT molecular complexity index is 2830. The predicted octanol–water partition coefficient (Wildman–Crippen LogP) is 14.1. The van der Waals surface area contributed by atoms with Gasteiger partial charge < -0.3 is 0 Å². The zero-order valence-electron chi connectivity index (χ0n) is 27.3. The molecule has 11 rings (SSSR count). The van der Waals surface area contributed by atoms with Gasteiger partial charge in [-0.15, -0.1) is 0 Å². The third-order valence-corrected chi connectivity index (χ3v) is 11.0. The Balaban J connectivity index is 1.06. The first-order valence-electron chi connectivity index (χ1n) is 17.4. The molecule has 0 bridgehead atoms. The number of rotatable bonds is 4. The first kappa shape index (κ1) is 27.5. The van der Waals surface area contributed by atoms with Gasteiger partial charge in [-0.2, -0.15) is 0 Å². The van der Waals surface area contributed by atoms with E-state index in [1.807, 2.05) is 0 Å². The molecular formula is C50H30. The Morgan fingerprint density at radius 3 is 0.700 bits per heavy atom. The molecule has 11 aromatic carbocycles. The highest BCUT2D eigenvalue weighted by molar-refractivity contribution is 6.29. The lowest BCUT2D eigenvalue weighted by Crippen LogP contribution is -1.90. The summed E-state index contributed by atoms with van der Waals surface area (Å²) in [6.45, 7) is 0. The number of benzene rings is 11. The van der Waals surface area contributed by atoms with E-state index in [1.165, 1.54) is 109 Å². The molecule has 0 radical (unpaired) electrons. The van der Waals surface area contributed by atoms with E-state index in [1.54, 1.807) is 0 Å². The lowest BCUT2D eigenvalue weighted by molar-refractivity contribution is 1.63. The minimum atomic E-state index is 1.24. The van der Waals surface area contributed by atoms with Gasteiger partial charge in [-0.05, 0) is 109 Å². The van der Waals surface area contributed by atoms with Crippen molar-refractivity contribution in [1.82, 2.24) is 0 Å². The Morgan fingerprint density at radius 2 is 0.420 bits per heavy atom. The molecule has 0 heteroatoms. The highest BCUT2D eigenvalue weighted by Crippen LogP contribution is 2.44. The van der Waals surface area contributed by atoms with Crippen LogP contribution in [0.4, 0.5) is 0 Å². The van der Waals surface area contributed by atoms with Gasteiger partial charge in [-0.3, -0.25) is 0 Å². The maximum absolute atomic E-state index is 2.32. The molecule has 0 N–H and O–H groups in total. The molecule has 0 saturated heterocycles. The molecule has 0 nitrogen and oxygen atoms in total. The molecule has 0 fully saturated rings. The lowest BCUT2D eigenvalue weighted by Gasteiger charge is -2.17. The average Bonchev–Trinajstić information content (AvgIpc) is 3.19. The zero-order valence-corrected chi connectivity index (χ0v) is 27.3. The summed E-state index contributed by atoms with van der Waals surface area (Å²) < 4.78 is 0. The fourth-order valence-electron chi connectivity index (χ4n) is 8.67. The largest absolute Gasteiger partial charge is 0.0622 e. The van der Waals surface area contributed by atoms with Crippen molar-refractivity contribution in [1.29, 1.82) is 0 Å². The first-order valence-corrected chi connectivity index (χ1v) is 17.4. The van der Waals surface area contributed by atoms with Crippen LogP contribution in [0.2, 0.25) is 0 Å². The molecule has 0 heterocycles. The number of hydrogen-bond donors (Lipinski definition) is 0. The van der Waals surface area contributed by atoms with E-state index in [0.29, 0.717) is 0 Å². The third kappa shape index (κ3) is 3.94. The summed E-state index contributed by atoms with van der Waals surface area (Å²) in [5.41, 5.74) is 10.1. The molecule has 0 aliphatic carbocycles. The van der Waals surface area contributed by atoms with Crippen LogP contribution in [0.25, 0.3) is 109 Å². The van der Waals surface area contributed by atoms with Gasteiger partial charge in [0, 0.05) is 0 Å². The minimum Gasteiger partial charge on any atom is -0.0622 e. The summed E-state index contributed by atoms with van der Waals surface area (Å²) in [6.07, 6.45) is 0. The van der Waals surface area contributed by atoms with Crippen LogP contribution < -0.4 is 0 Å². The van der Waals surface area contributed by atoms with Crippen molar-refractivity contribution in [3.8, 4) is 44.5 Å². The van der Waals surface area contributed by atoms with Gasteiger partial charge in [0.1, 0.15) is 0 Å². The van der Waals surface area contributed by atoms with Crippen molar-refractivity contribution in [3.05, 3.63) is 182 Å². The zero-order chi connectivity index (χ0) is 32.8. The van der Waals surface area contributed by atoms with Crippen LogP contribution in [0.5, 0.6) is 0 Å². The van der Waals surface area contributed by atoms with Crippen molar-refractivity contribution in [3.63, 3.8) is 0 Å². The van der Waals surface area contributed by atoms with Gasteiger partial charge in [0.05, 0.1) is 0 Å². The molecule has 0 aliphatic rings. The molecule has 11 aromatic rings. The fourth-order valence-corrected chi connectivity index (χ4v) is 8.67. The van der Waals surface area contributed by atoms with Crippen LogP contribution in [0.3, 0.4) is 0 Å². The smallest absolute Gasteiger partial charge is 0.00203 e. The maximum Gasteiger partial charge on any atom is -0.00203 e. The first-order chi connectivity index (χ1) is 24.8. The van der Waals surface area contributed by atoms with E-state index in [-0.39, 0.29) is 0 Å². The summed E-state index contributed by atoms with van der Waals surface area (Å²) in [7, 11) is 0. The number of hydrogen-bond acceptors (Lipinski definition) is 0. The van der Waals surface area contributed by atoms with Crippen molar-refractivity contribution in [2.45, 2.75) is 0 Å². The van der Waals surface area contributed by atoms with E-state index >= 15 is 0 Å². The summed E-state index contributed by atoms with van der Waals surface area (Å²) in [5.74, 6) is 0. The van der Waals surface area contributed by atoms with Gasteiger partial charge in [0.25, 0.3) is 0 Å². The molecule has 0 amide bonds. The second kappa shape index (κ2) is 10.5. The molecule has 0 aliphatic heterocycles. The molecule has 0 aromatic heterocycles. The van der Waals surface area contributed by atoms with Crippen molar-refractivity contribution in [2.75, 3.05) is 0 Å². The van der Waals surface area contributed by atoms with Crippen molar-refractivity contribution in [2.24, 2.45) is 0 Å². The molecule has 50 heavy (non-hydrogen) atoms. The Hall–Kier alpha value is -6.50. The summed E-state index contributed by atoms with van der Waals surface area (Å²) >= 11 is 0. The summed E-state index contributed by atoms with van der Waals surface area (Å²) in [6, 6.07) is 67.5. The van der Waals surface area contributed by atoms with E-state index in [4.69, 9.17) is 0 Å². The molecule has 0 saturated carbocycles. The topological polar surface area (TPSA) is 0 Å². The molecular weight excluding hydrogens is 601 g/mol. The van der Waals surface area contributed by atoms with Crippen molar-refractivity contribution >= 4 is 64.6 Å². The standard InChI is InChI=1S/C50H30/c1-3-7-31(8-4-1)39-23-15-35-21-29-45-41(25-17-37-19-27-43(39)47(35)49(37)45)33-11-13-34(14-12-33)42-26-18-38-20-28-44-40(32-9-5-2-6-10-32)24-16-36-22-30-46(42)50(38)48(36)44/h1-30H. The molecule has 0 atom stereocenters. The van der Waals surface area contributed by atoms with E-state index in [0.717, 1.165) is 0 Å². The van der Waals surface area contributed by atoms with Crippen LogP contribution in [0, 0.1) is 0 Å². The van der Waals surface area contributed by atoms with Crippen LogP contribution in [0.1, 0.15) is 0 Å². The highest BCUT2D eigenvalue weighted by Gasteiger charge is 2.17. The van der Waals surface area contributed by atoms with E-state index < -0.39 is 0 Å². The Morgan fingerprint density at radius 1 is 0.180 bits per heavy atom. The quantitative estimate of drug-likeness (QED) is 0.170. The van der Waals surface area contributed by atoms with Crippen LogP contribution in [-0.2, 0) is 0 Å². The van der Waals surface area contributed by atoms with Crippen molar-refractivity contribution < 1.29 is 0 Å². The second-order valence-electron chi connectivity index (χ2n) is 13.6. The van der Waals surface area contributed by atoms with Crippen LogP contribution in [-0.4, -0.2) is 0 Å². The van der Waals surface area contributed by atoms with Gasteiger partial charge in [0.15, 0.2) is 0 Å². The van der Waals surface area contributed by atoms with E-state index in [2.05, 4.69) is 182 Å². The molecule has 0 spiro atoms. The van der Waals surface area contributed by atoms with E-state index in [9.17, 15) is 0 Å². The molecule has 0 unspecified atom stereocenters. The van der Waals surface area contributed by atoms with Gasteiger partial charge in [0.2, 0.25) is 0 Å². The SMILES string of the molecule is c1ccc(-c2ccc3ccc4c(-c5ccc(-c6ccc7ccc8c(-c9ccccc9)ccc9ccc6c7c98)cc5)ccc5ccc2c3c54)cc1. The normalized spacial score (nSPS) is 12.0. The highest BCUT2D eigenvalue weighted by atomic mass is 14.2. The van der Waals surface area contributed by atoms with Gasteiger partial charge in [-0.25, -0.2) is 0 Å². The average molecular weight is 631 g/mol. The monoisotopic (exact) mass is 630 g/mol.